The van der Waals surface area contributed by atoms with E-state index in [1.807, 2.05) is 0 Å². The quantitative estimate of drug-likeness (QED) is 0.741. The van der Waals surface area contributed by atoms with Crippen molar-refractivity contribution in [1.29, 1.82) is 0 Å². The third-order valence-corrected chi connectivity index (χ3v) is 3.47. The van der Waals surface area contributed by atoms with E-state index in [0.717, 1.165) is 49.2 Å². The van der Waals surface area contributed by atoms with Gasteiger partial charge in [-0.3, -0.25) is 14.5 Å². The van der Waals surface area contributed by atoms with Crippen LogP contribution in [0.1, 0.15) is 32.1 Å². The van der Waals surface area contributed by atoms with E-state index < -0.39 is 23.8 Å². The van der Waals surface area contributed by atoms with E-state index in [9.17, 15) is 19.5 Å². The molecule has 0 saturated heterocycles. The Morgan fingerprint density at radius 3 is 2.18 bits per heavy atom. The van der Waals surface area contributed by atoms with E-state index in [4.69, 9.17) is 0 Å². The average molecular weight is 237 g/mol. The molecular formula is C12H15NO4. The first-order chi connectivity index (χ1) is 8.11. The van der Waals surface area contributed by atoms with Gasteiger partial charge >= 0.3 is 5.97 Å². The Morgan fingerprint density at radius 1 is 1.18 bits per heavy atom. The van der Waals surface area contributed by atoms with Crippen molar-refractivity contribution in [3.8, 4) is 0 Å². The standard InChI is InChI=1S/C12H15NO4/c14-9-6-7-10(15)13(9)11(12(16)17)8-4-2-1-3-5-8/h6-8,11H,1-5H2,(H,16,17). The summed E-state index contributed by atoms with van der Waals surface area (Å²) in [5.74, 6) is -2.20. The zero-order chi connectivity index (χ0) is 12.4. The van der Waals surface area contributed by atoms with Crippen molar-refractivity contribution in [2.45, 2.75) is 38.1 Å². The molecule has 1 aliphatic heterocycles. The molecule has 17 heavy (non-hydrogen) atoms. The van der Waals surface area contributed by atoms with Crippen molar-refractivity contribution < 1.29 is 19.5 Å². The highest BCUT2D eigenvalue weighted by Crippen LogP contribution is 2.30. The van der Waals surface area contributed by atoms with Crippen LogP contribution in [-0.4, -0.2) is 33.8 Å². The van der Waals surface area contributed by atoms with E-state index in [1.165, 1.54) is 0 Å². The Bertz CT molecular complexity index is 364. The molecule has 1 aliphatic carbocycles. The van der Waals surface area contributed by atoms with E-state index in [2.05, 4.69) is 0 Å². The molecule has 5 heteroatoms. The van der Waals surface area contributed by atoms with Gasteiger partial charge in [-0.2, -0.15) is 0 Å². The van der Waals surface area contributed by atoms with Crippen molar-refractivity contribution in [2.75, 3.05) is 0 Å². The zero-order valence-electron chi connectivity index (χ0n) is 9.46. The second-order valence-electron chi connectivity index (χ2n) is 4.56. The Kier molecular flexibility index (Phi) is 3.26. The summed E-state index contributed by atoms with van der Waals surface area (Å²) in [6.07, 6.45) is 6.86. The zero-order valence-corrected chi connectivity index (χ0v) is 9.46. The van der Waals surface area contributed by atoms with Gasteiger partial charge in [0.25, 0.3) is 11.8 Å². The number of hydrogen-bond acceptors (Lipinski definition) is 3. The summed E-state index contributed by atoms with van der Waals surface area (Å²) in [6.45, 7) is 0. The molecule has 5 nitrogen and oxygen atoms in total. The molecule has 0 aromatic carbocycles. The molecule has 1 N–H and O–H groups in total. The van der Waals surface area contributed by atoms with Gasteiger partial charge in [0.05, 0.1) is 0 Å². The van der Waals surface area contributed by atoms with Gasteiger partial charge in [0.1, 0.15) is 6.04 Å². The molecule has 2 amide bonds. The molecule has 1 heterocycles. The summed E-state index contributed by atoms with van der Waals surface area (Å²) >= 11 is 0. The minimum absolute atomic E-state index is 0.103. The topological polar surface area (TPSA) is 74.7 Å². The van der Waals surface area contributed by atoms with Gasteiger partial charge in [0.2, 0.25) is 0 Å². The minimum atomic E-state index is -1.08. The first kappa shape index (κ1) is 11.8. The lowest BCUT2D eigenvalue weighted by Gasteiger charge is -2.32. The van der Waals surface area contributed by atoms with Crippen LogP contribution < -0.4 is 0 Å². The number of aliphatic carboxylic acids is 1. The van der Waals surface area contributed by atoms with Crippen molar-refractivity contribution in [1.82, 2.24) is 4.90 Å². The number of imide groups is 1. The van der Waals surface area contributed by atoms with E-state index in [-0.39, 0.29) is 5.92 Å². The Balaban J connectivity index is 2.19. The highest BCUT2D eigenvalue weighted by Gasteiger charge is 2.41. The molecule has 92 valence electrons. The molecule has 0 aromatic heterocycles. The molecule has 0 spiro atoms. The molecule has 1 saturated carbocycles. The predicted octanol–water partition coefficient (Wildman–Crippen LogP) is 0.945. The number of carboxylic acids is 1. The third kappa shape index (κ3) is 2.23. The highest BCUT2D eigenvalue weighted by molar-refractivity contribution is 6.14. The number of hydrogen-bond donors (Lipinski definition) is 1. The highest BCUT2D eigenvalue weighted by atomic mass is 16.4. The molecule has 0 bridgehead atoms. The lowest BCUT2D eigenvalue weighted by Crippen LogP contribution is -2.49. The maximum Gasteiger partial charge on any atom is 0.327 e. The van der Waals surface area contributed by atoms with Crippen LogP contribution in [0.2, 0.25) is 0 Å². The van der Waals surface area contributed by atoms with Gasteiger partial charge in [0, 0.05) is 12.2 Å². The van der Waals surface area contributed by atoms with Crippen LogP contribution in [0.5, 0.6) is 0 Å². The van der Waals surface area contributed by atoms with Crippen LogP contribution in [0.25, 0.3) is 0 Å². The first-order valence-corrected chi connectivity index (χ1v) is 5.89. The fraction of sp³-hybridized carbons (Fsp3) is 0.583. The summed E-state index contributed by atoms with van der Waals surface area (Å²) in [5, 5.41) is 9.25. The molecule has 0 radical (unpaired) electrons. The monoisotopic (exact) mass is 237 g/mol. The van der Waals surface area contributed by atoms with Crippen LogP contribution in [0, 0.1) is 5.92 Å². The van der Waals surface area contributed by atoms with E-state index in [0.29, 0.717) is 0 Å². The first-order valence-electron chi connectivity index (χ1n) is 5.89. The second-order valence-corrected chi connectivity index (χ2v) is 4.56. The van der Waals surface area contributed by atoms with Gasteiger partial charge in [-0.15, -0.1) is 0 Å². The van der Waals surface area contributed by atoms with Gasteiger partial charge in [-0.1, -0.05) is 19.3 Å². The maximum atomic E-state index is 11.5. The molecule has 1 atom stereocenters. The molecule has 1 unspecified atom stereocenters. The smallest absolute Gasteiger partial charge is 0.327 e. The summed E-state index contributed by atoms with van der Waals surface area (Å²) < 4.78 is 0. The Hall–Kier alpha value is -1.65. The van der Waals surface area contributed by atoms with Crippen molar-refractivity contribution in [3.63, 3.8) is 0 Å². The second kappa shape index (κ2) is 4.69. The minimum Gasteiger partial charge on any atom is -0.480 e. The van der Waals surface area contributed by atoms with Crippen molar-refractivity contribution in [3.05, 3.63) is 12.2 Å². The predicted molar refractivity (Wildman–Crippen MR) is 59.0 cm³/mol. The summed E-state index contributed by atoms with van der Waals surface area (Å²) in [7, 11) is 0. The number of carbonyl (C=O) groups excluding carboxylic acids is 2. The lowest BCUT2D eigenvalue weighted by atomic mass is 9.83. The summed E-state index contributed by atoms with van der Waals surface area (Å²) in [5.41, 5.74) is 0. The largest absolute Gasteiger partial charge is 0.480 e. The molecule has 0 aromatic rings. The molecule has 2 aliphatic rings. The van der Waals surface area contributed by atoms with Gasteiger partial charge in [-0.05, 0) is 18.8 Å². The fourth-order valence-corrected chi connectivity index (χ4v) is 2.66. The third-order valence-electron chi connectivity index (χ3n) is 3.47. The van der Waals surface area contributed by atoms with Crippen LogP contribution in [0.4, 0.5) is 0 Å². The van der Waals surface area contributed by atoms with Crippen molar-refractivity contribution >= 4 is 17.8 Å². The Morgan fingerprint density at radius 2 is 1.71 bits per heavy atom. The van der Waals surface area contributed by atoms with E-state index >= 15 is 0 Å². The van der Waals surface area contributed by atoms with Crippen LogP contribution >= 0.6 is 0 Å². The SMILES string of the molecule is O=C(O)C(C1CCCCC1)N1C(=O)C=CC1=O. The van der Waals surface area contributed by atoms with Gasteiger partial charge in [0.15, 0.2) is 0 Å². The van der Waals surface area contributed by atoms with E-state index in [1.54, 1.807) is 0 Å². The Labute approximate surface area is 99.1 Å². The summed E-state index contributed by atoms with van der Waals surface area (Å²) in [6, 6.07) is -0.995. The molecular weight excluding hydrogens is 222 g/mol. The van der Waals surface area contributed by atoms with Gasteiger partial charge in [-0.25, -0.2) is 4.79 Å². The number of carbonyl (C=O) groups is 3. The maximum absolute atomic E-state index is 11.5. The number of carboxylic acid groups (broad SMARTS) is 1. The lowest BCUT2D eigenvalue weighted by molar-refractivity contribution is -0.156. The fourth-order valence-electron chi connectivity index (χ4n) is 2.66. The number of nitrogens with zero attached hydrogens (tertiary/aromatic N) is 1. The van der Waals surface area contributed by atoms with Gasteiger partial charge < -0.3 is 5.11 Å². The van der Waals surface area contributed by atoms with Crippen molar-refractivity contribution in [2.24, 2.45) is 5.92 Å². The van der Waals surface area contributed by atoms with Crippen LogP contribution in [-0.2, 0) is 14.4 Å². The summed E-state index contributed by atoms with van der Waals surface area (Å²) in [4.78, 5) is 35.2. The number of amides is 2. The normalized spacial score (nSPS) is 23.2. The number of rotatable bonds is 3. The molecule has 2 rings (SSSR count). The average Bonchev–Trinajstić information content (AvgIpc) is 2.62. The molecule has 1 fully saturated rings. The van der Waals surface area contributed by atoms with Crippen LogP contribution in [0.3, 0.4) is 0 Å². The van der Waals surface area contributed by atoms with Crippen LogP contribution in [0.15, 0.2) is 12.2 Å².